The molecule has 0 aromatic heterocycles. The van der Waals surface area contributed by atoms with E-state index in [1.54, 1.807) is 13.3 Å². The number of rotatable bonds is 5. The van der Waals surface area contributed by atoms with Crippen molar-refractivity contribution in [1.29, 1.82) is 0 Å². The smallest absolute Gasteiger partial charge is 0.119 e. The highest BCUT2D eigenvalue weighted by Gasteiger charge is 2.00. The number of ether oxygens (including phenoxy) is 1. The molecule has 16 heavy (non-hydrogen) atoms. The van der Waals surface area contributed by atoms with Gasteiger partial charge in [-0.2, -0.15) is 5.10 Å². The van der Waals surface area contributed by atoms with Gasteiger partial charge in [-0.1, -0.05) is 6.92 Å². The number of hydrogen-bond acceptors (Lipinski definition) is 4. The van der Waals surface area contributed by atoms with Gasteiger partial charge in [-0.3, -0.25) is 0 Å². The molecule has 0 bridgehead atoms. The molecule has 0 saturated carbocycles. The molecule has 0 aliphatic carbocycles. The summed E-state index contributed by atoms with van der Waals surface area (Å²) in [5.41, 5.74) is 1.03. The fourth-order valence-electron chi connectivity index (χ4n) is 1.10. The summed E-state index contributed by atoms with van der Waals surface area (Å²) in [6, 6.07) is 7.84. The van der Waals surface area contributed by atoms with Crippen molar-refractivity contribution in [3.8, 4) is 5.75 Å². The van der Waals surface area contributed by atoms with Gasteiger partial charge in [-0.05, 0) is 56.0 Å². The molecule has 0 radical (unpaired) electrons. The third-order valence-corrected chi connectivity index (χ3v) is 2.27. The third-order valence-electron chi connectivity index (χ3n) is 2.17. The van der Waals surface area contributed by atoms with E-state index in [9.17, 15) is 0 Å². The molecule has 0 N–H and O–H groups in total. The monoisotopic (exact) mass is 238 g/mol. The predicted octanol–water partition coefficient (Wildman–Crippen LogP) is 2.97. The Morgan fingerprint density at radius 3 is 2.56 bits per heavy atom. The lowest BCUT2D eigenvalue weighted by atomic mass is 10.2. The van der Waals surface area contributed by atoms with Crippen molar-refractivity contribution in [2.45, 2.75) is 26.4 Å². The largest absolute Gasteiger partial charge is 0.491 e. The molecule has 0 heterocycles. The zero-order valence-corrected chi connectivity index (χ0v) is 10.8. The summed E-state index contributed by atoms with van der Waals surface area (Å²) in [5.74, 6) is 0.894. The Morgan fingerprint density at radius 2 is 2.06 bits per heavy atom. The number of hydrazone groups is 1. The SMILES string of the molecule is CC[C@@H](C)Oc1ccc(/C=N/N(C)S)cc1. The summed E-state index contributed by atoms with van der Waals surface area (Å²) < 4.78 is 7.14. The van der Waals surface area contributed by atoms with Crippen molar-refractivity contribution in [3.63, 3.8) is 0 Å². The average Bonchev–Trinajstić information content (AvgIpc) is 2.28. The lowest BCUT2D eigenvalue weighted by Crippen LogP contribution is -2.09. The van der Waals surface area contributed by atoms with Gasteiger partial charge in [0.15, 0.2) is 0 Å². The second-order valence-electron chi connectivity index (χ2n) is 3.64. The van der Waals surface area contributed by atoms with Gasteiger partial charge in [-0.15, -0.1) is 0 Å². The minimum absolute atomic E-state index is 0.253. The highest BCUT2D eigenvalue weighted by atomic mass is 32.1. The molecule has 0 fully saturated rings. The fraction of sp³-hybridized carbons (Fsp3) is 0.417. The van der Waals surface area contributed by atoms with Crippen LogP contribution in [-0.4, -0.2) is 23.8 Å². The third kappa shape index (κ3) is 4.57. The zero-order valence-electron chi connectivity index (χ0n) is 9.92. The molecule has 0 spiro atoms. The van der Waals surface area contributed by atoms with E-state index >= 15 is 0 Å². The summed E-state index contributed by atoms with van der Waals surface area (Å²) in [6.07, 6.45) is 3.01. The molecule has 1 aromatic carbocycles. The molecule has 0 aliphatic heterocycles. The van der Waals surface area contributed by atoms with E-state index in [1.807, 2.05) is 24.3 Å². The number of nitrogens with zero attached hydrogens (tertiary/aromatic N) is 2. The Bertz CT molecular complexity index is 335. The Labute approximate surface area is 103 Å². The van der Waals surface area contributed by atoms with Gasteiger partial charge in [0.1, 0.15) is 5.75 Å². The van der Waals surface area contributed by atoms with E-state index in [0.29, 0.717) is 0 Å². The van der Waals surface area contributed by atoms with Gasteiger partial charge in [0.05, 0.1) is 12.3 Å². The van der Waals surface area contributed by atoms with Crippen molar-refractivity contribution < 1.29 is 4.74 Å². The zero-order chi connectivity index (χ0) is 12.0. The van der Waals surface area contributed by atoms with Crippen LogP contribution < -0.4 is 4.74 Å². The van der Waals surface area contributed by atoms with Gasteiger partial charge >= 0.3 is 0 Å². The molecule has 3 nitrogen and oxygen atoms in total. The van der Waals surface area contributed by atoms with Crippen LogP contribution in [0.15, 0.2) is 29.4 Å². The second kappa shape index (κ2) is 6.43. The summed E-state index contributed by atoms with van der Waals surface area (Å²) >= 11 is 4.02. The first-order chi connectivity index (χ1) is 7.61. The van der Waals surface area contributed by atoms with Crippen LogP contribution in [0.25, 0.3) is 0 Å². The molecule has 1 aromatic rings. The quantitative estimate of drug-likeness (QED) is 0.484. The Hall–Kier alpha value is -1.16. The van der Waals surface area contributed by atoms with Crippen LogP contribution >= 0.6 is 12.8 Å². The van der Waals surface area contributed by atoms with E-state index in [1.165, 1.54) is 4.41 Å². The van der Waals surface area contributed by atoms with Crippen LogP contribution in [0.3, 0.4) is 0 Å². The lowest BCUT2D eigenvalue weighted by molar-refractivity contribution is 0.217. The topological polar surface area (TPSA) is 24.8 Å². The van der Waals surface area contributed by atoms with Crippen LogP contribution in [0, 0.1) is 0 Å². The highest BCUT2D eigenvalue weighted by molar-refractivity contribution is 7.77. The summed E-state index contributed by atoms with van der Waals surface area (Å²) in [7, 11) is 1.76. The molecule has 1 atom stereocenters. The van der Waals surface area contributed by atoms with E-state index in [2.05, 4.69) is 31.8 Å². The van der Waals surface area contributed by atoms with Crippen molar-refractivity contribution in [2.75, 3.05) is 7.05 Å². The Kier molecular flexibility index (Phi) is 5.19. The molecule has 0 unspecified atom stereocenters. The van der Waals surface area contributed by atoms with Gasteiger partial charge in [0, 0.05) is 7.05 Å². The van der Waals surface area contributed by atoms with Crippen molar-refractivity contribution in [3.05, 3.63) is 29.8 Å². The molecule has 0 saturated heterocycles. The van der Waals surface area contributed by atoms with E-state index < -0.39 is 0 Å². The molecule has 0 amide bonds. The molecule has 88 valence electrons. The maximum Gasteiger partial charge on any atom is 0.119 e. The minimum atomic E-state index is 0.253. The van der Waals surface area contributed by atoms with Crippen LogP contribution in [0.2, 0.25) is 0 Å². The van der Waals surface area contributed by atoms with Gasteiger partial charge in [0.25, 0.3) is 0 Å². The van der Waals surface area contributed by atoms with E-state index in [4.69, 9.17) is 4.74 Å². The standard InChI is InChI=1S/C12H18N2OS/c1-4-10(2)15-12-7-5-11(6-8-12)9-13-14(3)16/h5-10,16H,4H2,1-3H3/b13-9+/t10-/m1/s1. The van der Waals surface area contributed by atoms with Gasteiger partial charge in [-0.25, -0.2) is 4.41 Å². The van der Waals surface area contributed by atoms with E-state index in [0.717, 1.165) is 17.7 Å². The maximum atomic E-state index is 5.67. The normalized spacial score (nSPS) is 12.8. The highest BCUT2D eigenvalue weighted by Crippen LogP contribution is 2.14. The molecule has 1 rings (SSSR count). The van der Waals surface area contributed by atoms with Gasteiger partial charge in [0.2, 0.25) is 0 Å². The maximum absolute atomic E-state index is 5.67. The van der Waals surface area contributed by atoms with Crippen molar-refractivity contribution in [1.82, 2.24) is 4.41 Å². The molecular weight excluding hydrogens is 220 g/mol. The minimum Gasteiger partial charge on any atom is -0.491 e. The molecular formula is C12H18N2OS. The first kappa shape index (κ1) is 12.9. The van der Waals surface area contributed by atoms with Crippen molar-refractivity contribution in [2.24, 2.45) is 5.10 Å². The Morgan fingerprint density at radius 1 is 1.44 bits per heavy atom. The van der Waals surface area contributed by atoms with Crippen molar-refractivity contribution >= 4 is 19.0 Å². The van der Waals surface area contributed by atoms with Crippen LogP contribution in [-0.2, 0) is 0 Å². The number of hydrogen-bond donors (Lipinski definition) is 1. The van der Waals surface area contributed by atoms with Crippen LogP contribution in [0.5, 0.6) is 5.75 Å². The Balaban J connectivity index is 2.61. The molecule has 0 aliphatic rings. The summed E-state index contributed by atoms with van der Waals surface area (Å²) in [6.45, 7) is 4.17. The van der Waals surface area contributed by atoms with Crippen LogP contribution in [0.1, 0.15) is 25.8 Å². The van der Waals surface area contributed by atoms with E-state index in [-0.39, 0.29) is 6.10 Å². The molecule has 4 heteroatoms. The predicted molar refractivity (Wildman–Crippen MR) is 71.2 cm³/mol. The summed E-state index contributed by atoms with van der Waals surface area (Å²) in [4.78, 5) is 0. The number of thiol groups is 1. The second-order valence-corrected chi connectivity index (χ2v) is 4.22. The lowest BCUT2D eigenvalue weighted by Gasteiger charge is -2.12. The average molecular weight is 238 g/mol. The van der Waals surface area contributed by atoms with Gasteiger partial charge < -0.3 is 4.74 Å². The van der Waals surface area contributed by atoms with Crippen LogP contribution in [0.4, 0.5) is 0 Å². The first-order valence-corrected chi connectivity index (χ1v) is 5.75. The first-order valence-electron chi connectivity index (χ1n) is 5.35. The summed E-state index contributed by atoms with van der Waals surface area (Å²) in [5, 5.41) is 4.03. The fourth-order valence-corrected chi connectivity index (χ4v) is 1.15. The number of benzene rings is 1.